The third-order valence-corrected chi connectivity index (χ3v) is 14.8. The van der Waals surface area contributed by atoms with Crippen molar-refractivity contribution in [1.82, 2.24) is 0 Å². The molecule has 0 aromatic carbocycles. The monoisotopic (exact) mass is 483 g/mol. The van der Waals surface area contributed by atoms with Crippen molar-refractivity contribution in [2.24, 2.45) is 0 Å². The molecule has 1 atom stereocenters. The van der Waals surface area contributed by atoms with Crippen molar-refractivity contribution in [1.29, 1.82) is 0 Å². The Hall–Kier alpha value is -0.238. The smallest absolute Gasteiger partial charge is 0.230 e. The number of hydrogen-bond donors (Lipinski definition) is 0. The van der Waals surface area contributed by atoms with Crippen LogP contribution in [0, 0.1) is 0 Å². The Balaban J connectivity index is 4.53. The summed E-state index contributed by atoms with van der Waals surface area (Å²) in [6.07, 6.45) is 2.78. The van der Waals surface area contributed by atoms with Gasteiger partial charge in [0.25, 0.3) is 0 Å². The zero-order valence-corrected chi connectivity index (χ0v) is 19.5. The molecule has 0 N–H and O–H groups in total. The Morgan fingerprint density at radius 3 is 1.19 bits per heavy atom. The highest BCUT2D eigenvalue weighted by molar-refractivity contribution is 8.04. The van der Waals surface area contributed by atoms with Crippen LogP contribution in [0.3, 0.4) is 0 Å². The lowest BCUT2D eigenvalue weighted by Crippen LogP contribution is -2.41. The van der Waals surface area contributed by atoms with Gasteiger partial charge in [-0.15, -0.1) is 0 Å². The highest BCUT2D eigenvalue weighted by Crippen LogP contribution is 2.39. The van der Waals surface area contributed by atoms with Crippen molar-refractivity contribution in [2.75, 3.05) is 31.3 Å². The van der Waals surface area contributed by atoms with E-state index < -0.39 is 87.0 Å². The fourth-order valence-electron chi connectivity index (χ4n) is 2.33. The first kappa shape index (κ1) is 23.8. The molecule has 1 radical (unpaired) electrons. The molecule has 1 aliphatic heterocycles. The molecule has 1 aliphatic rings. The van der Waals surface area contributed by atoms with Crippen LogP contribution in [0.5, 0.6) is 0 Å². The van der Waals surface area contributed by atoms with Crippen molar-refractivity contribution >= 4 is 64.4 Å². The van der Waals surface area contributed by atoms with Crippen LogP contribution in [0.4, 0.5) is 0 Å². The molecule has 0 aromatic rings. The molecule has 1 heterocycles. The highest BCUT2D eigenvalue weighted by Gasteiger charge is 2.48. The summed E-state index contributed by atoms with van der Waals surface area (Å²) < 4.78 is 119. The Bertz CT molecular complexity index is 1240. The first-order valence-electron chi connectivity index (χ1n) is 6.42. The van der Waals surface area contributed by atoms with Crippen molar-refractivity contribution in [3.63, 3.8) is 0 Å². The molecule has 1 rings (SSSR count). The molecular formula is C10H16AlO10S5. The Morgan fingerprint density at radius 2 is 0.962 bits per heavy atom. The van der Waals surface area contributed by atoms with Gasteiger partial charge in [-0.25, -0.2) is 42.1 Å². The van der Waals surface area contributed by atoms with E-state index in [9.17, 15) is 42.1 Å². The second kappa shape index (κ2) is 6.68. The van der Waals surface area contributed by atoms with Crippen LogP contribution >= 0.6 is 0 Å². The molecule has 0 saturated carbocycles. The maximum absolute atomic E-state index is 12.2. The molecule has 0 bridgehead atoms. The van der Waals surface area contributed by atoms with E-state index in [0.717, 1.165) is 0 Å². The van der Waals surface area contributed by atoms with Gasteiger partial charge >= 0.3 is 15.2 Å². The maximum Gasteiger partial charge on any atom is 0.309 e. The zero-order valence-electron chi connectivity index (χ0n) is 14.3. The predicted molar refractivity (Wildman–Crippen MR) is 97.8 cm³/mol. The van der Waals surface area contributed by atoms with Crippen molar-refractivity contribution in [3.8, 4) is 0 Å². The summed E-state index contributed by atoms with van der Waals surface area (Å²) in [6.45, 7) is 0. The number of hydrogen-bond acceptors (Lipinski definition) is 10. The van der Waals surface area contributed by atoms with E-state index in [2.05, 4.69) is 0 Å². The zero-order chi connectivity index (χ0) is 21.1. The van der Waals surface area contributed by atoms with Gasteiger partial charge in [0.2, 0.25) is 0 Å². The average molecular weight is 484 g/mol. The Kier molecular flexibility index (Phi) is 6.11. The van der Waals surface area contributed by atoms with Crippen molar-refractivity contribution in [2.45, 2.75) is 4.11 Å². The summed E-state index contributed by atoms with van der Waals surface area (Å²) in [4.78, 5) is -3.57. The van der Waals surface area contributed by atoms with E-state index in [1.54, 1.807) is 0 Å². The van der Waals surface area contributed by atoms with Gasteiger partial charge in [-0.1, -0.05) is 0 Å². The minimum atomic E-state index is -4.63. The molecule has 0 saturated heterocycles. The quantitative estimate of drug-likeness (QED) is 0.385. The van der Waals surface area contributed by atoms with Gasteiger partial charge in [0.05, 0.1) is 14.7 Å². The lowest BCUT2D eigenvalue weighted by atomic mass is 10.5. The molecule has 10 nitrogen and oxygen atoms in total. The fourth-order valence-corrected chi connectivity index (χ4v) is 15.8. The van der Waals surface area contributed by atoms with Crippen LogP contribution in [0.25, 0.3) is 0 Å². The molecule has 149 valence electrons. The molecule has 0 spiro atoms. The average Bonchev–Trinajstić information content (AvgIpc) is 2.30. The number of sulfone groups is 5. The third kappa shape index (κ3) is 4.97. The molecule has 16 heteroatoms. The Labute approximate surface area is 159 Å². The van der Waals surface area contributed by atoms with Crippen molar-refractivity contribution in [3.05, 3.63) is 18.5 Å². The minimum absolute atomic E-state index is 0.485. The fraction of sp³-hybridized carbons (Fsp3) is 0.600. The highest BCUT2D eigenvalue weighted by atomic mass is 32.2. The predicted octanol–water partition coefficient (Wildman–Crippen LogP) is -2.37. The summed E-state index contributed by atoms with van der Waals surface area (Å²) in [6, 6.07) is 0. The van der Waals surface area contributed by atoms with E-state index in [1.807, 2.05) is 0 Å². The van der Waals surface area contributed by atoms with Crippen LogP contribution in [0.1, 0.15) is 0 Å². The van der Waals surface area contributed by atoms with Gasteiger partial charge in [0, 0.05) is 35.4 Å². The molecular weight excluding hydrogens is 467 g/mol. The summed E-state index contributed by atoms with van der Waals surface area (Å²) in [7, 11) is -22.3. The largest absolute Gasteiger partial charge is 0.309 e. The minimum Gasteiger partial charge on any atom is -0.230 e. The lowest BCUT2D eigenvalue weighted by molar-refractivity contribution is 0.593. The molecule has 0 aliphatic carbocycles. The Morgan fingerprint density at radius 1 is 0.577 bits per heavy atom. The van der Waals surface area contributed by atoms with E-state index in [-0.39, 0.29) is 0 Å². The summed E-state index contributed by atoms with van der Waals surface area (Å²) in [5, 5.41) is 0. The molecule has 0 amide bonds. The summed E-state index contributed by atoms with van der Waals surface area (Å²) >= 11 is -1.96. The van der Waals surface area contributed by atoms with Crippen LogP contribution in [-0.4, -0.2) is 92.7 Å². The maximum atomic E-state index is 12.2. The van der Waals surface area contributed by atoms with Gasteiger partial charge < -0.3 is 0 Å². The topological polar surface area (TPSA) is 171 Å². The van der Waals surface area contributed by atoms with E-state index in [1.165, 1.54) is 0 Å². The lowest BCUT2D eigenvalue weighted by Gasteiger charge is -2.28. The van der Waals surface area contributed by atoms with Crippen LogP contribution in [0.2, 0.25) is 0 Å². The van der Waals surface area contributed by atoms with Crippen molar-refractivity contribution < 1.29 is 42.1 Å². The second-order valence-electron chi connectivity index (χ2n) is 5.89. The van der Waals surface area contributed by atoms with Gasteiger partial charge in [0.15, 0.2) is 39.3 Å². The van der Waals surface area contributed by atoms with Gasteiger partial charge in [-0.2, -0.15) is 0 Å². The SMILES string of the molecule is CS(=O)(=O)[C]1=C(S(C)(=O)=O)C(S(C)(=O)=O)=C(S(C)(=O)=O)[CH](S(C)(=O)=O)[Al]1. The molecule has 0 aromatic heterocycles. The van der Waals surface area contributed by atoms with E-state index >= 15 is 0 Å². The normalized spacial score (nSPS) is 20.9. The number of rotatable bonds is 5. The first-order chi connectivity index (χ1) is 11.1. The van der Waals surface area contributed by atoms with E-state index in [4.69, 9.17) is 0 Å². The third-order valence-electron chi connectivity index (χ3n) is 3.22. The van der Waals surface area contributed by atoms with Crippen LogP contribution in [0.15, 0.2) is 18.5 Å². The van der Waals surface area contributed by atoms with Gasteiger partial charge in [-0.05, 0) is 3.77 Å². The van der Waals surface area contributed by atoms with Gasteiger partial charge in [-0.3, -0.25) is 0 Å². The second-order valence-corrected chi connectivity index (χ2v) is 18.4. The summed E-state index contributed by atoms with van der Waals surface area (Å²) in [5.41, 5.74) is 0. The molecule has 1 unspecified atom stereocenters. The summed E-state index contributed by atoms with van der Waals surface area (Å²) in [5.74, 6) is 0. The molecule has 26 heavy (non-hydrogen) atoms. The standard InChI is InChI=1S/C10H16O10S5.Al/c1-21(11,12)6-8(23(3,15)16)10(25(5,19)20)9(24(4,17)18)7-22(2,13)14;/h6H,1-5H3;. The first-order valence-corrected chi connectivity index (χ1v) is 17.2. The van der Waals surface area contributed by atoms with Crippen LogP contribution < -0.4 is 0 Å². The van der Waals surface area contributed by atoms with Crippen LogP contribution in [-0.2, 0) is 49.2 Å². The van der Waals surface area contributed by atoms with Gasteiger partial charge in [0.1, 0.15) is 9.84 Å². The van der Waals surface area contributed by atoms with E-state index in [0.29, 0.717) is 31.3 Å². The molecule has 0 fully saturated rings.